The van der Waals surface area contributed by atoms with Gasteiger partial charge in [0.25, 0.3) is 0 Å². The fraction of sp³-hybridized carbons (Fsp3) is 0.379. The number of rotatable bonds is 4. The van der Waals surface area contributed by atoms with E-state index in [-0.39, 0.29) is 24.0 Å². The monoisotopic (exact) mass is 502 g/mol. The summed E-state index contributed by atoms with van der Waals surface area (Å²) < 4.78 is 0. The van der Waals surface area contributed by atoms with Gasteiger partial charge in [0, 0.05) is 42.8 Å². The summed E-state index contributed by atoms with van der Waals surface area (Å²) in [4.78, 5) is 33.8. The minimum atomic E-state index is -0.112. The Kier molecular flexibility index (Phi) is 7.12. The van der Waals surface area contributed by atoms with Gasteiger partial charge in [0.2, 0.25) is 5.91 Å². The molecule has 0 radical (unpaired) electrons. The molecule has 188 valence electrons. The molecule has 3 aromatic rings. The van der Waals surface area contributed by atoms with Crippen LogP contribution in [0.1, 0.15) is 40.1 Å². The predicted octanol–water partition coefficient (Wildman–Crippen LogP) is 5.08. The molecular weight excluding hydrogens is 468 g/mol. The summed E-state index contributed by atoms with van der Waals surface area (Å²) in [5.41, 5.74) is 5.74. The Morgan fingerprint density at radius 3 is 2.33 bits per heavy atom. The zero-order valence-corrected chi connectivity index (χ0v) is 22.1. The first-order valence-electron chi connectivity index (χ1n) is 12.7. The lowest BCUT2D eigenvalue weighted by Crippen LogP contribution is -2.58. The number of fused-ring (bicyclic) bond motifs is 1. The van der Waals surface area contributed by atoms with Gasteiger partial charge in [-0.1, -0.05) is 47.5 Å². The molecule has 1 N–H and O–H groups in total. The fourth-order valence-corrected chi connectivity index (χ4v) is 6.17. The van der Waals surface area contributed by atoms with Crippen LogP contribution >= 0.6 is 11.3 Å². The molecule has 7 heteroatoms. The number of anilines is 1. The van der Waals surface area contributed by atoms with Crippen LogP contribution in [0.4, 0.5) is 10.5 Å². The molecule has 0 unspecified atom stereocenters. The number of amides is 3. The van der Waals surface area contributed by atoms with Gasteiger partial charge in [0.1, 0.15) is 0 Å². The average Bonchev–Trinajstić information content (AvgIpc) is 3.35. The Morgan fingerprint density at radius 2 is 1.64 bits per heavy atom. The second kappa shape index (κ2) is 10.4. The molecule has 36 heavy (non-hydrogen) atoms. The highest BCUT2D eigenvalue weighted by molar-refractivity contribution is 7.10. The van der Waals surface area contributed by atoms with Crippen LogP contribution in [0.2, 0.25) is 0 Å². The van der Waals surface area contributed by atoms with Gasteiger partial charge >= 0.3 is 6.03 Å². The first kappa shape index (κ1) is 24.5. The van der Waals surface area contributed by atoms with E-state index in [1.807, 2.05) is 59.2 Å². The van der Waals surface area contributed by atoms with Crippen molar-refractivity contribution < 1.29 is 9.59 Å². The lowest BCUT2D eigenvalue weighted by atomic mass is 9.92. The summed E-state index contributed by atoms with van der Waals surface area (Å²) in [6, 6.07) is 18.6. The number of aryl methyl sites for hydroxylation is 2. The van der Waals surface area contributed by atoms with E-state index in [0.717, 1.165) is 24.2 Å². The number of hydrogen-bond acceptors (Lipinski definition) is 4. The van der Waals surface area contributed by atoms with Crippen LogP contribution in [0.5, 0.6) is 0 Å². The molecule has 0 spiro atoms. The maximum atomic E-state index is 13.5. The molecule has 1 aromatic heterocycles. The lowest BCUT2D eigenvalue weighted by Gasteiger charge is -2.41. The molecule has 2 aliphatic rings. The summed E-state index contributed by atoms with van der Waals surface area (Å²) in [5.74, 6) is 0.135. The van der Waals surface area contributed by atoms with E-state index >= 15 is 0 Å². The van der Waals surface area contributed by atoms with E-state index in [4.69, 9.17) is 0 Å². The van der Waals surface area contributed by atoms with Gasteiger partial charge in [-0.3, -0.25) is 9.69 Å². The predicted molar refractivity (Wildman–Crippen MR) is 146 cm³/mol. The van der Waals surface area contributed by atoms with Crippen LogP contribution in [0.25, 0.3) is 0 Å². The van der Waals surface area contributed by atoms with Gasteiger partial charge in [-0.15, -0.1) is 11.3 Å². The highest BCUT2D eigenvalue weighted by Crippen LogP contribution is 2.37. The molecule has 2 aliphatic heterocycles. The largest absolute Gasteiger partial charge is 0.338 e. The number of nitrogens with zero attached hydrogens (tertiary/aromatic N) is 3. The standard InChI is InChI=1S/C29H34N4O2S/c1-20-4-8-23(9-5-20)28-25-13-17-36-26(25)12-14-32(28)19-27(34)31-15-16-33(22(3)18-31)29(35)30-24-10-6-21(2)7-11-24/h4-11,13,17,22,28H,12,14-16,18-19H2,1-3H3,(H,30,35)/t22-,28-/m0/s1. The number of hydrogen-bond donors (Lipinski definition) is 1. The molecule has 5 rings (SSSR count). The normalized spacial score (nSPS) is 20.2. The number of urea groups is 1. The Hall–Kier alpha value is -3.16. The maximum Gasteiger partial charge on any atom is 0.322 e. The summed E-state index contributed by atoms with van der Waals surface area (Å²) in [6.07, 6.45) is 0.978. The molecule has 2 atom stereocenters. The van der Waals surface area contributed by atoms with E-state index in [0.29, 0.717) is 26.2 Å². The third-order valence-corrected chi connectivity index (χ3v) is 8.34. The topological polar surface area (TPSA) is 55.9 Å². The van der Waals surface area contributed by atoms with Crippen molar-refractivity contribution >= 4 is 29.0 Å². The molecule has 1 fully saturated rings. The Labute approximate surface area is 217 Å². The van der Waals surface area contributed by atoms with Gasteiger partial charge in [-0.25, -0.2) is 4.79 Å². The van der Waals surface area contributed by atoms with Gasteiger partial charge in [-0.05, 0) is 61.9 Å². The first-order valence-corrected chi connectivity index (χ1v) is 13.6. The number of carbonyl (C=O) groups excluding carboxylic acids is 2. The van der Waals surface area contributed by atoms with Crippen molar-refractivity contribution in [1.29, 1.82) is 0 Å². The Balaban J connectivity index is 1.23. The summed E-state index contributed by atoms with van der Waals surface area (Å²) in [5, 5.41) is 5.16. The van der Waals surface area contributed by atoms with E-state index in [1.165, 1.54) is 21.6 Å². The van der Waals surface area contributed by atoms with E-state index in [9.17, 15) is 9.59 Å². The molecular formula is C29H34N4O2S. The molecule has 0 saturated carbocycles. The molecule has 6 nitrogen and oxygen atoms in total. The lowest BCUT2D eigenvalue weighted by molar-refractivity contribution is -0.135. The van der Waals surface area contributed by atoms with Gasteiger partial charge < -0.3 is 15.1 Å². The molecule has 3 amide bonds. The average molecular weight is 503 g/mol. The molecule has 1 saturated heterocycles. The van der Waals surface area contributed by atoms with Crippen LogP contribution in [-0.2, 0) is 11.2 Å². The maximum absolute atomic E-state index is 13.5. The third kappa shape index (κ3) is 5.18. The second-order valence-corrected chi connectivity index (χ2v) is 11.0. The van der Waals surface area contributed by atoms with Crippen LogP contribution in [0.15, 0.2) is 60.0 Å². The molecule has 0 bridgehead atoms. The number of thiophene rings is 1. The Bertz CT molecular complexity index is 1220. The minimum absolute atomic E-state index is 0.0501. The quantitative estimate of drug-likeness (QED) is 0.542. The van der Waals surface area contributed by atoms with E-state index in [2.05, 4.69) is 52.9 Å². The number of nitrogens with one attached hydrogen (secondary N) is 1. The van der Waals surface area contributed by atoms with Crippen molar-refractivity contribution in [2.75, 3.05) is 38.0 Å². The number of carbonyl (C=O) groups is 2. The van der Waals surface area contributed by atoms with Crippen molar-refractivity contribution in [1.82, 2.24) is 14.7 Å². The summed E-state index contributed by atoms with van der Waals surface area (Å²) in [6.45, 7) is 9.02. The van der Waals surface area contributed by atoms with Gasteiger partial charge in [0.15, 0.2) is 0 Å². The smallest absolute Gasteiger partial charge is 0.322 e. The van der Waals surface area contributed by atoms with Crippen molar-refractivity contribution in [3.63, 3.8) is 0 Å². The second-order valence-electron chi connectivity index (χ2n) is 10.0. The van der Waals surface area contributed by atoms with Gasteiger partial charge in [0.05, 0.1) is 12.6 Å². The van der Waals surface area contributed by atoms with Crippen molar-refractivity contribution in [2.45, 2.75) is 39.3 Å². The minimum Gasteiger partial charge on any atom is -0.338 e. The molecule has 2 aromatic carbocycles. The first-order chi connectivity index (χ1) is 17.4. The molecule has 3 heterocycles. The SMILES string of the molecule is Cc1ccc(NC(=O)N2CCN(C(=O)CN3CCc4sccc4[C@@H]3c3ccc(C)cc3)C[C@@H]2C)cc1. The molecule has 0 aliphatic carbocycles. The van der Waals surface area contributed by atoms with E-state index in [1.54, 1.807) is 0 Å². The zero-order valence-electron chi connectivity index (χ0n) is 21.2. The van der Waals surface area contributed by atoms with Crippen molar-refractivity contribution in [3.8, 4) is 0 Å². The Morgan fingerprint density at radius 1 is 0.944 bits per heavy atom. The zero-order chi connectivity index (χ0) is 25.2. The van der Waals surface area contributed by atoms with Crippen LogP contribution in [0.3, 0.4) is 0 Å². The fourth-order valence-electron chi connectivity index (χ4n) is 5.27. The van der Waals surface area contributed by atoms with Crippen LogP contribution in [0, 0.1) is 13.8 Å². The summed E-state index contributed by atoms with van der Waals surface area (Å²) >= 11 is 1.81. The highest BCUT2D eigenvalue weighted by Gasteiger charge is 2.34. The number of piperazine rings is 1. The van der Waals surface area contributed by atoms with Gasteiger partial charge in [-0.2, -0.15) is 0 Å². The summed E-state index contributed by atoms with van der Waals surface area (Å²) in [7, 11) is 0. The van der Waals surface area contributed by atoms with Crippen LogP contribution in [-0.4, -0.2) is 65.4 Å². The number of benzene rings is 2. The van der Waals surface area contributed by atoms with Crippen molar-refractivity contribution in [2.24, 2.45) is 0 Å². The van der Waals surface area contributed by atoms with Crippen LogP contribution < -0.4 is 5.32 Å². The highest BCUT2D eigenvalue weighted by atomic mass is 32.1. The van der Waals surface area contributed by atoms with E-state index < -0.39 is 0 Å². The van der Waals surface area contributed by atoms with Crippen molar-refractivity contribution in [3.05, 3.63) is 87.1 Å². The third-order valence-electron chi connectivity index (χ3n) is 7.34.